The molecule has 8 heteroatoms. The molecule has 4 N–H and O–H groups in total. The van der Waals surface area contributed by atoms with Crippen LogP contribution in [0.2, 0.25) is 0 Å². The third kappa shape index (κ3) is 11.5. The minimum Gasteiger partial charge on any atom is -0.396 e. The van der Waals surface area contributed by atoms with Gasteiger partial charge in [0.1, 0.15) is 6.10 Å². The maximum absolute atomic E-state index is 11.7. The average Bonchev–Trinajstić information content (AvgIpc) is 2.61. The van der Waals surface area contributed by atoms with Gasteiger partial charge in [0.25, 0.3) is 0 Å². The van der Waals surface area contributed by atoms with Gasteiger partial charge >= 0.3 is 0 Å². The Kier molecular flexibility index (Phi) is 13.4. The Labute approximate surface area is 160 Å². The standard InChI is InChI=1S/C18H34N2O5S/c1-4-5-6-7-8-15(23)26-12-11-19-14(22)9-10-20-17(25)16(24)18(2,3)13-21/h16,21,24H,4-13H2,1-3H3,(H,19,22)(H,20,25)/t16-/m0/s1. The number of aliphatic hydroxyl groups excluding tert-OH is 2. The van der Waals surface area contributed by atoms with Crippen LogP contribution in [0.1, 0.15) is 59.3 Å². The van der Waals surface area contributed by atoms with Crippen LogP contribution in [0.4, 0.5) is 0 Å². The van der Waals surface area contributed by atoms with Gasteiger partial charge in [0.2, 0.25) is 11.8 Å². The second-order valence-corrected chi connectivity index (χ2v) is 8.12. The van der Waals surface area contributed by atoms with E-state index in [1.165, 1.54) is 11.8 Å². The van der Waals surface area contributed by atoms with Crippen molar-refractivity contribution in [3.8, 4) is 0 Å². The number of hydrogen-bond donors (Lipinski definition) is 4. The first-order valence-electron chi connectivity index (χ1n) is 9.23. The van der Waals surface area contributed by atoms with Crippen LogP contribution in [-0.2, 0) is 14.4 Å². The van der Waals surface area contributed by atoms with Crippen molar-refractivity contribution in [1.29, 1.82) is 0 Å². The molecule has 152 valence electrons. The number of carbonyl (C=O) groups is 3. The Balaban J connectivity index is 3.75. The number of thioether (sulfide) groups is 1. The minimum atomic E-state index is -1.34. The third-order valence-corrected chi connectivity index (χ3v) is 4.90. The fourth-order valence-electron chi connectivity index (χ4n) is 2.05. The van der Waals surface area contributed by atoms with Crippen LogP contribution in [0, 0.1) is 5.41 Å². The van der Waals surface area contributed by atoms with Crippen LogP contribution >= 0.6 is 11.8 Å². The first-order valence-corrected chi connectivity index (χ1v) is 10.2. The van der Waals surface area contributed by atoms with Crippen LogP contribution in [-0.4, -0.2) is 58.7 Å². The number of hydrogen-bond acceptors (Lipinski definition) is 6. The molecule has 0 rings (SSSR count). The van der Waals surface area contributed by atoms with E-state index in [-0.39, 0.29) is 30.6 Å². The zero-order valence-corrected chi connectivity index (χ0v) is 17.0. The topological polar surface area (TPSA) is 116 Å². The second kappa shape index (κ2) is 14.0. The molecule has 7 nitrogen and oxygen atoms in total. The van der Waals surface area contributed by atoms with Crippen LogP contribution in [0.3, 0.4) is 0 Å². The van der Waals surface area contributed by atoms with Crippen molar-refractivity contribution in [2.45, 2.75) is 65.4 Å². The molecule has 0 aromatic rings. The van der Waals surface area contributed by atoms with Gasteiger partial charge in [0.05, 0.1) is 6.61 Å². The molecule has 0 saturated carbocycles. The lowest BCUT2D eigenvalue weighted by atomic mass is 9.87. The Hall–Kier alpha value is -1.12. The average molecular weight is 391 g/mol. The summed E-state index contributed by atoms with van der Waals surface area (Å²) in [6, 6.07) is 0. The van der Waals surface area contributed by atoms with E-state index in [9.17, 15) is 19.5 Å². The second-order valence-electron chi connectivity index (χ2n) is 6.97. The first-order chi connectivity index (χ1) is 12.2. The smallest absolute Gasteiger partial charge is 0.249 e. The Morgan fingerprint density at radius 2 is 1.73 bits per heavy atom. The third-order valence-electron chi connectivity index (χ3n) is 3.97. The summed E-state index contributed by atoms with van der Waals surface area (Å²) in [6.45, 7) is 5.46. The SMILES string of the molecule is CCCCCCC(=O)SCCNC(=O)CCNC(=O)[C@H](O)C(C)(C)CO. The summed E-state index contributed by atoms with van der Waals surface area (Å²) in [5.74, 6) is -0.299. The molecule has 0 spiro atoms. The van der Waals surface area contributed by atoms with Crippen molar-refractivity contribution in [2.24, 2.45) is 5.41 Å². The Bertz CT molecular complexity index is 443. The number of rotatable bonds is 14. The molecule has 0 aliphatic heterocycles. The maximum atomic E-state index is 11.7. The monoisotopic (exact) mass is 390 g/mol. The predicted octanol–water partition coefficient (Wildman–Crippen LogP) is 1.22. The fraction of sp³-hybridized carbons (Fsp3) is 0.833. The summed E-state index contributed by atoms with van der Waals surface area (Å²) in [5, 5.41) is 24.3. The molecule has 0 saturated heterocycles. The number of aliphatic hydroxyl groups is 2. The fourth-order valence-corrected chi connectivity index (χ4v) is 2.77. The summed E-state index contributed by atoms with van der Waals surface area (Å²) in [7, 11) is 0. The van der Waals surface area contributed by atoms with E-state index < -0.39 is 17.4 Å². The summed E-state index contributed by atoms with van der Waals surface area (Å²) in [5.41, 5.74) is -0.938. The number of unbranched alkanes of at least 4 members (excludes halogenated alkanes) is 3. The van der Waals surface area contributed by atoms with Gasteiger partial charge in [0, 0.05) is 37.1 Å². The van der Waals surface area contributed by atoms with Crippen molar-refractivity contribution in [2.75, 3.05) is 25.4 Å². The molecular weight excluding hydrogens is 356 g/mol. The molecule has 0 bridgehead atoms. The van der Waals surface area contributed by atoms with Crippen LogP contribution in [0.15, 0.2) is 0 Å². The Morgan fingerprint density at radius 1 is 1.04 bits per heavy atom. The minimum absolute atomic E-state index is 0.0909. The van der Waals surface area contributed by atoms with Crippen molar-refractivity contribution >= 4 is 28.7 Å². The maximum Gasteiger partial charge on any atom is 0.249 e. The summed E-state index contributed by atoms with van der Waals surface area (Å²) in [6.07, 6.45) is 3.63. The summed E-state index contributed by atoms with van der Waals surface area (Å²) in [4.78, 5) is 35.1. The lowest BCUT2D eigenvalue weighted by molar-refractivity contribution is -0.137. The lowest BCUT2D eigenvalue weighted by Crippen LogP contribution is -2.46. The van der Waals surface area contributed by atoms with Crippen molar-refractivity contribution in [3.05, 3.63) is 0 Å². The van der Waals surface area contributed by atoms with Crippen LogP contribution < -0.4 is 10.6 Å². The van der Waals surface area contributed by atoms with Crippen molar-refractivity contribution in [1.82, 2.24) is 10.6 Å². The van der Waals surface area contributed by atoms with E-state index in [2.05, 4.69) is 17.6 Å². The number of amides is 2. The first kappa shape index (κ1) is 24.9. The highest BCUT2D eigenvalue weighted by Gasteiger charge is 2.32. The van der Waals surface area contributed by atoms with E-state index >= 15 is 0 Å². The molecule has 0 radical (unpaired) electrons. The van der Waals surface area contributed by atoms with E-state index in [0.717, 1.165) is 25.7 Å². The van der Waals surface area contributed by atoms with Gasteiger partial charge in [-0.05, 0) is 6.42 Å². The van der Waals surface area contributed by atoms with Gasteiger partial charge in [-0.1, -0.05) is 51.8 Å². The van der Waals surface area contributed by atoms with Crippen LogP contribution in [0.25, 0.3) is 0 Å². The molecule has 0 aromatic heterocycles. The molecule has 0 fully saturated rings. The molecule has 0 aliphatic carbocycles. The molecule has 0 aliphatic rings. The zero-order valence-electron chi connectivity index (χ0n) is 16.2. The van der Waals surface area contributed by atoms with E-state index in [0.29, 0.717) is 18.7 Å². The largest absolute Gasteiger partial charge is 0.396 e. The van der Waals surface area contributed by atoms with Crippen molar-refractivity contribution < 1.29 is 24.6 Å². The number of nitrogens with one attached hydrogen (secondary N) is 2. The number of carbonyl (C=O) groups excluding carboxylic acids is 3. The van der Waals surface area contributed by atoms with E-state index in [1.54, 1.807) is 13.8 Å². The van der Waals surface area contributed by atoms with E-state index in [1.807, 2.05) is 0 Å². The van der Waals surface area contributed by atoms with Crippen LogP contribution in [0.5, 0.6) is 0 Å². The highest BCUT2D eigenvalue weighted by molar-refractivity contribution is 8.13. The molecule has 26 heavy (non-hydrogen) atoms. The lowest BCUT2D eigenvalue weighted by Gasteiger charge is -2.27. The van der Waals surface area contributed by atoms with E-state index in [4.69, 9.17) is 5.11 Å². The predicted molar refractivity (Wildman–Crippen MR) is 104 cm³/mol. The highest BCUT2D eigenvalue weighted by atomic mass is 32.2. The Morgan fingerprint density at radius 3 is 2.35 bits per heavy atom. The highest BCUT2D eigenvalue weighted by Crippen LogP contribution is 2.19. The summed E-state index contributed by atoms with van der Waals surface area (Å²) >= 11 is 1.23. The van der Waals surface area contributed by atoms with Gasteiger partial charge in [-0.15, -0.1) is 0 Å². The molecular formula is C18H34N2O5S. The molecule has 1 atom stereocenters. The normalized spacial score (nSPS) is 12.5. The van der Waals surface area contributed by atoms with Gasteiger partial charge in [0.15, 0.2) is 5.12 Å². The van der Waals surface area contributed by atoms with Gasteiger partial charge < -0.3 is 20.8 Å². The van der Waals surface area contributed by atoms with Gasteiger partial charge in [-0.3, -0.25) is 14.4 Å². The molecule has 2 amide bonds. The quantitative estimate of drug-likeness (QED) is 0.332. The molecule has 0 heterocycles. The van der Waals surface area contributed by atoms with Crippen molar-refractivity contribution in [3.63, 3.8) is 0 Å². The summed E-state index contributed by atoms with van der Waals surface area (Å²) < 4.78 is 0. The zero-order chi connectivity index (χ0) is 20.0. The van der Waals surface area contributed by atoms with Gasteiger partial charge in [-0.25, -0.2) is 0 Å². The molecule has 0 aromatic carbocycles. The molecule has 0 unspecified atom stereocenters. The van der Waals surface area contributed by atoms with Gasteiger partial charge in [-0.2, -0.15) is 0 Å².